The molecule has 20 heavy (non-hydrogen) atoms. The number of aromatic nitrogens is 2. The van der Waals surface area contributed by atoms with Crippen LogP contribution in [0.3, 0.4) is 0 Å². The van der Waals surface area contributed by atoms with Gasteiger partial charge in [0.2, 0.25) is 5.95 Å². The smallest absolute Gasteiger partial charge is 0.225 e. The number of hydrogen-bond donors (Lipinski definition) is 2. The van der Waals surface area contributed by atoms with Crippen molar-refractivity contribution in [3.63, 3.8) is 0 Å². The molecular weight excluding hydrogens is 252 g/mol. The zero-order valence-corrected chi connectivity index (χ0v) is 12.1. The van der Waals surface area contributed by atoms with Crippen molar-refractivity contribution in [2.24, 2.45) is 16.6 Å². The fourth-order valence-electron chi connectivity index (χ4n) is 2.39. The Morgan fingerprint density at radius 2 is 2.30 bits per heavy atom. The van der Waals surface area contributed by atoms with Gasteiger partial charge in [-0.05, 0) is 31.2 Å². The number of nitrogens with zero attached hydrogens (tertiary/aromatic N) is 4. The Morgan fingerprint density at radius 3 is 3.05 bits per heavy atom. The minimum atomic E-state index is 0.523. The van der Waals surface area contributed by atoms with Crippen molar-refractivity contribution < 1.29 is 0 Å². The maximum absolute atomic E-state index is 5.82. The molecule has 6 heteroatoms. The Bertz CT molecular complexity index is 419. The van der Waals surface area contributed by atoms with Gasteiger partial charge >= 0.3 is 0 Å². The predicted octanol–water partition coefficient (Wildman–Crippen LogP) is 1.01. The first-order chi connectivity index (χ1) is 9.79. The second-order valence-corrected chi connectivity index (χ2v) is 5.16. The molecule has 0 aromatic carbocycles. The van der Waals surface area contributed by atoms with Crippen molar-refractivity contribution in [2.45, 2.75) is 26.2 Å². The van der Waals surface area contributed by atoms with Crippen LogP contribution in [0.5, 0.6) is 0 Å². The molecule has 0 bridgehead atoms. The van der Waals surface area contributed by atoms with E-state index in [1.807, 2.05) is 6.07 Å². The highest BCUT2D eigenvalue weighted by Crippen LogP contribution is 2.19. The number of guanidine groups is 1. The predicted molar refractivity (Wildman–Crippen MR) is 81.8 cm³/mol. The highest BCUT2D eigenvalue weighted by atomic mass is 15.3. The quantitative estimate of drug-likeness (QED) is 0.620. The molecule has 1 aliphatic rings. The van der Waals surface area contributed by atoms with Gasteiger partial charge in [0.15, 0.2) is 5.96 Å². The zero-order valence-electron chi connectivity index (χ0n) is 12.1. The van der Waals surface area contributed by atoms with E-state index in [-0.39, 0.29) is 0 Å². The summed E-state index contributed by atoms with van der Waals surface area (Å²) in [6.07, 6.45) is 6.97. The molecule has 6 nitrogen and oxygen atoms in total. The largest absolute Gasteiger partial charge is 0.370 e. The molecule has 0 saturated carbocycles. The van der Waals surface area contributed by atoms with E-state index in [2.05, 4.69) is 32.1 Å². The van der Waals surface area contributed by atoms with E-state index in [4.69, 9.17) is 5.73 Å². The fraction of sp³-hybridized carbons (Fsp3) is 0.643. The third-order valence-corrected chi connectivity index (χ3v) is 3.43. The van der Waals surface area contributed by atoms with E-state index in [0.717, 1.165) is 45.0 Å². The average molecular weight is 276 g/mol. The number of nitrogens with one attached hydrogen (secondary N) is 1. The lowest BCUT2D eigenvalue weighted by molar-refractivity contribution is 0.420. The third-order valence-electron chi connectivity index (χ3n) is 3.43. The Kier molecular flexibility index (Phi) is 5.58. The van der Waals surface area contributed by atoms with Crippen molar-refractivity contribution in [2.75, 3.05) is 31.1 Å². The van der Waals surface area contributed by atoms with Crippen LogP contribution < -0.4 is 16.0 Å². The molecule has 1 aromatic rings. The summed E-state index contributed by atoms with van der Waals surface area (Å²) < 4.78 is 0. The monoisotopic (exact) mass is 276 g/mol. The first-order valence-electron chi connectivity index (χ1n) is 7.35. The summed E-state index contributed by atoms with van der Waals surface area (Å²) in [5.41, 5.74) is 5.82. The van der Waals surface area contributed by atoms with E-state index in [9.17, 15) is 0 Å². The van der Waals surface area contributed by atoms with Crippen molar-refractivity contribution in [3.05, 3.63) is 18.5 Å². The molecule has 1 aliphatic heterocycles. The molecule has 1 atom stereocenters. The summed E-state index contributed by atoms with van der Waals surface area (Å²) in [6.45, 7) is 5.73. The average Bonchev–Trinajstić information content (AvgIpc) is 2.52. The molecule has 0 spiro atoms. The van der Waals surface area contributed by atoms with Crippen molar-refractivity contribution in [1.29, 1.82) is 0 Å². The lowest BCUT2D eigenvalue weighted by Crippen LogP contribution is -2.38. The molecular formula is C14H24N6. The molecule has 0 radical (unpaired) electrons. The fourth-order valence-corrected chi connectivity index (χ4v) is 2.39. The van der Waals surface area contributed by atoms with Gasteiger partial charge in [0.25, 0.3) is 0 Å². The molecule has 1 saturated heterocycles. The van der Waals surface area contributed by atoms with Crippen LogP contribution in [0, 0.1) is 5.92 Å². The Labute approximate surface area is 120 Å². The first-order valence-corrected chi connectivity index (χ1v) is 7.35. The topological polar surface area (TPSA) is 79.4 Å². The number of rotatable bonds is 5. The van der Waals surface area contributed by atoms with Crippen molar-refractivity contribution in [3.8, 4) is 0 Å². The standard InChI is InChI=1S/C14H24N6/c1-2-6-16-13(15)19-10-12-5-3-9-20(11-12)14-17-7-4-8-18-14/h4,7-8,12H,2-3,5-6,9-11H2,1H3,(H3,15,16,19). The van der Waals surface area contributed by atoms with E-state index in [1.54, 1.807) is 12.4 Å². The molecule has 110 valence electrons. The van der Waals surface area contributed by atoms with Gasteiger partial charge in [0.05, 0.1) is 0 Å². The van der Waals surface area contributed by atoms with E-state index in [1.165, 1.54) is 6.42 Å². The maximum atomic E-state index is 5.82. The van der Waals surface area contributed by atoms with Gasteiger partial charge in [-0.15, -0.1) is 0 Å². The minimum Gasteiger partial charge on any atom is -0.370 e. The lowest BCUT2D eigenvalue weighted by Gasteiger charge is -2.31. The van der Waals surface area contributed by atoms with Crippen LogP contribution in [0.15, 0.2) is 23.5 Å². The first kappa shape index (κ1) is 14.6. The minimum absolute atomic E-state index is 0.523. The summed E-state index contributed by atoms with van der Waals surface area (Å²) in [4.78, 5) is 15.3. The highest BCUT2D eigenvalue weighted by Gasteiger charge is 2.21. The molecule has 1 aromatic heterocycles. The van der Waals surface area contributed by atoms with Crippen LogP contribution >= 0.6 is 0 Å². The van der Waals surface area contributed by atoms with Crippen LogP contribution in [0.2, 0.25) is 0 Å². The van der Waals surface area contributed by atoms with Crippen LogP contribution in [0.4, 0.5) is 5.95 Å². The Hall–Kier alpha value is -1.85. The van der Waals surface area contributed by atoms with Crippen LogP contribution in [0.25, 0.3) is 0 Å². The van der Waals surface area contributed by atoms with E-state index < -0.39 is 0 Å². The normalized spacial score (nSPS) is 19.9. The summed E-state index contributed by atoms with van der Waals surface area (Å²) in [5.74, 6) is 1.90. The Morgan fingerprint density at radius 1 is 1.50 bits per heavy atom. The zero-order chi connectivity index (χ0) is 14.2. The van der Waals surface area contributed by atoms with Gasteiger partial charge in [-0.25, -0.2) is 9.97 Å². The number of aliphatic imine (C=N–C) groups is 1. The van der Waals surface area contributed by atoms with Gasteiger partial charge in [0, 0.05) is 38.6 Å². The molecule has 1 fully saturated rings. The molecule has 2 rings (SSSR count). The highest BCUT2D eigenvalue weighted by molar-refractivity contribution is 5.77. The molecule has 1 unspecified atom stereocenters. The van der Waals surface area contributed by atoms with Gasteiger partial charge in [-0.1, -0.05) is 6.92 Å². The van der Waals surface area contributed by atoms with Gasteiger partial charge in [-0.3, -0.25) is 4.99 Å². The molecule has 3 N–H and O–H groups in total. The third kappa shape index (κ3) is 4.36. The summed E-state index contributed by atoms with van der Waals surface area (Å²) in [7, 11) is 0. The van der Waals surface area contributed by atoms with E-state index >= 15 is 0 Å². The lowest BCUT2D eigenvalue weighted by atomic mass is 9.98. The van der Waals surface area contributed by atoms with Gasteiger partial charge < -0.3 is 16.0 Å². The molecule has 0 aliphatic carbocycles. The Balaban J connectivity index is 1.85. The van der Waals surface area contributed by atoms with E-state index in [0.29, 0.717) is 11.9 Å². The van der Waals surface area contributed by atoms with Gasteiger partial charge in [0.1, 0.15) is 0 Å². The SMILES string of the molecule is CCCNC(N)=NCC1CCCN(c2ncccn2)C1. The molecule has 0 amide bonds. The van der Waals surface area contributed by atoms with Crippen LogP contribution in [-0.4, -0.2) is 42.1 Å². The second kappa shape index (κ2) is 7.67. The number of hydrogen-bond acceptors (Lipinski definition) is 4. The number of nitrogens with two attached hydrogens (primary N) is 1. The summed E-state index contributed by atoms with van der Waals surface area (Å²) in [5, 5.41) is 3.10. The van der Waals surface area contributed by atoms with Crippen molar-refractivity contribution >= 4 is 11.9 Å². The molecule has 2 heterocycles. The van der Waals surface area contributed by atoms with Crippen molar-refractivity contribution in [1.82, 2.24) is 15.3 Å². The number of anilines is 1. The maximum Gasteiger partial charge on any atom is 0.225 e. The van der Waals surface area contributed by atoms with Crippen LogP contribution in [-0.2, 0) is 0 Å². The van der Waals surface area contributed by atoms with Gasteiger partial charge in [-0.2, -0.15) is 0 Å². The van der Waals surface area contributed by atoms with Crippen LogP contribution in [0.1, 0.15) is 26.2 Å². The summed E-state index contributed by atoms with van der Waals surface area (Å²) in [6, 6.07) is 1.84. The number of piperidine rings is 1. The second-order valence-electron chi connectivity index (χ2n) is 5.16. The summed E-state index contributed by atoms with van der Waals surface area (Å²) >= 11 is 0.